The maximum Gasteiger partial charge on any atom is 0.240 e. The summed E-state index contributed by atoms with van der Waals surface area (Å²) in [5, 5.41) is 9.33. The molecule has 0 saturated heterocycles. The molecule has 0 aromatic heterocycles. The minimum Gasteiger partial charge on any atom is -0.506 e. The third-order valence-corrected chi connectivity index (χ3v) is 6.02. The number of rotatable bonds is 3. The summed E-state index contributed by atoms with van der Waals surface area (Å²) in [6, 6.07) is 3.78. The Hall–Kier alpha value is -1.27. The largest absolute Gasteiger partial charge is 0.506 e. The smallest absolute Gasteiger partial charge is 0.240 e. The first-order valence-electron chi connectivity index (χ1n) is 6.11. The second-order valence-electron chi connectivity index (χ2n) is 6.22. The highest BCUT2D eigenvalue weighted by Gasteiger charge is 2.66. The van der Waals surface area contributed by atoms with Crippen LogP contribution in [0.25, 0.3) is 0 Å². The van der Waals surface area contributed by atoms with Gasteiger partial charge in [0.2, 0.25) is 10.0 Å². The van der Waals surface area contributed by atoms with Crippen LogP contribution in [0.5, 0.6) is 5.75 Å². The van der Waals surface area contributed by atoms with Crippen molar-refractivity contribution in [2.24, 2.45) is 10.8 Å². The van der Waals surface area contributed by atoms with Crippen LogP contribution in [0.15, 0.2) is 23.1 Å². The zero-order valence-corrected chi connectivity index (χ0v) is 12.4. The van der Waals surface area contributed by atoms with Crippen molar-refractivity contribution in [3.8, 4) is 5.75 Å². The summed E-state index contributed by atoms with van der Waals surface area (Å²) in [4.78, 5) is 0.0706. The zero-order valence-electron chi connectivity index (χ0n) is 11.6. The minimum atomic E-state index is -3.62. The van der Waals surface area contributed by atoms with Crippen LogP contribution in [0, 0.1) is 10.8 Å². The Balaban J connectivity index is 2.28. The summed E-state index contributed by atoms with van der Waals surface area (Å²) in [5.41, 5.74) is 5.42. The van der Waals surface area contributed by atoms with Gasteiger partial charge in [-0.2, -0.15) is 0 Å². The first-order chi connectivity index (χ1) is 8.50. The number of hydrogen-bond acceptors (Lipinski definition) is 4. The lowest BCUT2D eigenvalue weighted by Gasteiger charge is -2.09. The number of phenols is 1. The number of aromatic hydroxyl groups is 1. The minimum absolute atomic E-state index is 0.0530. The molecule has 0 radical (unpaired) electrons. The van der Waals surface area contributed by atoms with E-state index in [1.54, 1.807) is 0 Å². The SMILES string of the molecule is CC1(C)C(NS(=O)(=O)c2ccc(O)c(N)c2)C1(C)C. The van der Waals surface area contributed by atoms with Crippen molar-refractivity contribution >= 4 is 15.7 Å². The van der Waals surface area contributed by atoms with E-state index in [9.17, 15) is 13.5 Å². The Morgan fingerprint density at radius 1 is 1.21 bits per heavy atom. The van der Waals surface area contributed by atoms with E-state index in [-0.39, 0.29) is 33.2 Å². The Labute approximate surface area is 113 Å². The predicted octanol–water partition coefficient (Wildman–Crippen LogP) is 1.69. The second-order valence-corrected chi connectivity index (χ2v) is 7.93. The zero-order chi connectivity index (χ0) is 14.6. The van der Waals surface area contributed by atoms with Gasteiger partial charge in [-0.15, -0.1) is 0 Å². The van der Waals surface area contributed by atoms with E-state index in [1.807, 2.05) is 27.7 Å². The number of sulfonamides is 1. The van der Waals surface area contributed by atoms with Crippen molar-refractivity contribution in [1.29, 1.82) is 0 Å². The lowest BCUT2D eigenvalue weighted by atomic mass is 10.0. The van der Waals surface area contributed by atoms with Crippen molar-refractivity contribution < 1.29 is 13.5 Å². The summed E-state index contributed by atoms with van der Waals surface area (Å²) >= 11 is 0. The molecular weight excluding hydrogens is 264 g/mol. The topological polar surface area (TPSA) is 92.4 Å². The van der Waals surface area contributed by atoms with E-state index in [1.165, 1.54) is 18.2 Å². The Kier molecular flexibility index (Phi) is 2.88. The van der Waals surface area contributed by atoms with Gasteiger partial charge in [-0.25, -0.2) is 13.1 Å². The number of nitrogen functional groups attached to an aromatic ring is 1. The van der Waals surface area contributed by atoms with Crippen molar-refractivity contribution in [2.45, 2.75) is 38.6 Å². The van der Waals surface area contributed by atoms with E-state index in [0.717, 1.165) is 0 Å². The first-order valence-corrected chi connectivity index (χ1v) is 7.59. The average Bonchev–Trinajstić information content (AvgIpc) is 2.64. The Morgan fingerprint density at radius 2 is 1.74 bits per heavy atom. The molecule has 0 heterocycles. The normalized spacial score (nSPS) is 21.3. The van der Waals surface area contributed by atoms with Crippen LogP contribution < -0.4 is 10.5 Å². The van der Waals surface area contributed by atoms with Crippen molar-refractivity contribution in [2.75, 3.05) is 5.73 Å². The lowest BCUT2D eigenvalue weighted by molar-refractivity contribution is 0.457. The molecule has 0 amide bonds. The molecule has 1 aliphatic rings. The fourth-order valence-electron chi connectivity index (χ4n) is 2.41. The summed E-state index contributed by atoms with van der Waals surface area (Å²) in [5.74, 6) is -0.119. The predicted molar refractivity (Wildman–Crippen MR) is 74.2 cm³/mol. The summed E-state index contributed by atoms with van der Waals surface area (Å²) in [6.07, 6.45) is 0. The molecule has 0 aliphatic heterocycles. The Morgan fingerprint density at radius 3 is 2.16 bits per heavy atom. The molecule has 0 bridgehead atoms. The molecule has 1 aromatic rings. The van der Waals surface area contributed by atoms with E-state index >= 15 is 0 Å². The van der Waals surface area contributed by atoms with E-state index < -0.39 is 10.0 Å². The van der Waals surface area contributed by atoms with Gasteiger partial charge in [-0.1, -0.05) is 27.7 Å². The van der Waals surface area contributed by atoms with Crippen LogP contribution in [-0.4, -0.2) is 19.6 Å². The van der Waals surface area contributed by atoms with Gasteiger partial charge in [-0.05, 0) is 29.0 Å². The van der Waals surface area contributed by atoms with E-state index in [2.05, 4.69) is 4.72 Å². The Bertz CT molecular complexity index is 607. The average molecular weight is 284 g/mol. The summed E-state index contributed by atoms with van der Waals surface area (Å²) < 4.78 is 27.3. The molecule has 4 N–H and O–H groups in total. The molecule has 2 rings (SSSR count). The molecule has 0 atom stereocenters. The van der Waals surface area contributed by atoms with Gasteiger partial charge in [-0.3, -0.25) is 0 Å². The molecule has 1 aromatic carbocycles. The van der Waals surface area contributed by atoms with Gasteiger partial charge in [0, 0.05) is 6.04 Å². The van der Waals surface area contributed by atoms with Crippen LogP contribution in [0.1, 0.15) is 27.7 Å². The molecule has 1 saturated carbocycles. The molecular formula is C13H20N2O3S. The van der Waals surface area contributed by atoms with Gasteiger partial charge < -0.3 is 10.8 Å². The molecule has 106 valence electrons. The quantitative estimate of drug-likeness (QED) is 0.581. The number of benzene rings is 1. The number of phenolic OH excluding ortho intramolecular Hbond substituents is 1. The van der Waals surface area contributed by atoms with E-state index in [4.69, 9.17) is 5.73 Å². The van der Waals surface area contributed by atoms with Gasteiger partial charge in [0.1, 0.15) is 5.75 Å². The third-order valence-electron chi connectivity index (χ3n) is 4.60. The van der Waals surface area contributed by atoms with Gasteiger partial charge in [0.25, 0.3) is 0 Å². The molecule has 0 spiro atoms. The molecule has 5 nitrogen and oxygen atoms in total. The van der Waals surface area contributed by atoms with Crippen LogP contribution in [0.3, 0.4) is 0 Å². The summed E-state index contributed by atoms with van der Waals surface area (Å²) in [7, 11) is -3.62. The van der Waals surface area contributed by atoms with Crippen molar-refractivity contribution in [3.05, 3.63) is 18.2 Å². The molecule has 1 fully saturated rings. The molecule has 0 unspecified atom stereocenters. The first kappa shape index (κ1) is 14.1. The lowest BCUT2D eigenvalue weighted by Crippen LogP contribution is -2.30. The second kappa shape index (κ2) is 3.86. The third kappa shape index (κ3) is 2.08. The van der Waals surface area contributed by atoms with Crippen LogP contribution in [0.4, 0.5) is 5.69 Å². The molecule has 19 heavy (non-hydrogen) atoms. The van der Waals surface area contributed by atoms with Crippen molar-refractivity contribution in [3.63, 3.8) is 0 Å². The monoisotopic (exact) mass is 284 g/mol. The maximum absolute atomic E-state index is 12.3. The summed E-state index contributed by atoms with van der Waals surface area (Å²) in [6.45, 7) is 8.13. The number of anilines is 1. The van der Waals surface area contributed by atoms with Gasteiger partial charge in [0.15, 0.2) is 0 Å². The standard InChI is InChI=1S/C13H20N2O3S/c1-12(2)11(13(12,3)4)15-19(17,18)8-5-6-10(16)9(14)7-8/h5-7,11,15-16H,14H2,1-4H3. The number of nitrogens with two attached hydrogens (primary N) is 1. The highest BCUT2D eigenvalue weighted by molar-refractivity contribution is 7.89. The van der Waals surface area contributed by atoms with Crippen LogP contribution >= 0.6 is 0 Å². The fraction of sp³-hybridized carbons (Fsp3) is 0.538. The van der Waals surface area contributed by atoms with Crippen LogP contribution in [0.2, 0.25) is 0 Å². The molecule has 6 heteroatoms. The highest BCUT2D eigenvalue weighted by Crippen LogP contribution is 2.62. The fourth-order valence-corrected chi connectivity index (χ4v) is 3.98. The van der Waals surface area contributed by atoms with Gasteiger partial charge >= 0.3 is 0 Å². The molecule has 1 aliphatic carbocycles. The van der Waals surface area contributed by atoms with E-state index in [0.29, 0.717) is 0 Å². The highest BCUT2D eigenvalue weighted by atomic mass is 32.2. The maximum atomic E-state index is 12.3. The number of hydrogen-bond donors (Lipinski definition) is 3. The number of nitrogens with one attached hydrogen (secondary N) is 1. The van der Waals surface area contributed by atoms with Gasteiger partial charge in [0.05, 0.1) is 10.6 Å². The van der Waals surface area contributed by atoms with Crippen molar-refractivity contribution in [1.82, 2.24) is 4.72 Å². The van der Waals surface area contributed by atoms with Crippen LogP contribution in [-0.2, 0) is 10.0 Å².